The van der Waals surface area contributed by atoms with Crippen molar-refractivity contribution < 1.29 is 4.79 Å². The number of rotatable bonds is 3. The number of aromatic amines is 1. The minimum Gasteiger partial charge on any atom is -0.347 e. The van der Waals surface area contributed by atoms with E-state index in [1.165, 1.54) is 10.9 Å². The van der Waals surface area contributed by atoms with Crippen LogP contribution < -0.4 is 5.32 Å². The van der Waals surface area contributed by atoms with Gasteiger partial charge in [0.05, 0.1) is 6.04 Å². The fourth-order valence-corrected chi connectivity index (χ4v) is 1.43. The van der Waals surface area contributed by atoms with Crippen molar-refractivity contribution in [3.05, 3.63) is 36.9 Å². The van der Waals surface area contributed by atoms with Crippen LogP contribution in [0.5, 0.6) is 0 Å². The highest BCUT2D eigenvalue weighted by atomic mass is 16.2. The molecule has 0 fully saturated rings. The molecule has 1 unspecified atom stereocenters. The highest BCUT2D eigenvalue weighted by Gasteiger charge is 2.15. The number of aromatic nitrogens is 4. The van der Waals surface area contributed by atoms with Gasteiger partial charge in [-0.2, -0.15) is 0 Å². The minimum atomic E-state index is -0.208. The lowest BCUT2D eigenvalue weighted by Gasteiger charge is -2.14. The molecular formula is C10H13N5O. The molecule has 2 aromatic heterocycles. The third kappa shape index (κ3) is 2.10. The number of nitrogens with zero attached hydrogens (tertiary/aromatic N) is 3. The fraction of sp³-hybridized carbons (Fsp3) is 0.300. The Labute approximate surface area is 92.7 Å². The van der Waals surface area contributed by atoms with E-state index in [0.29, 0.717) is 0 Å². The summed E-state index contributed by atoms with van der Waals surface area (Å²) in [5, 5.41) is 2.86. The number of hydrogen-bond donors (Lipinski definition) is 2. The number of nitrogens with one attached hydrogen (secondary N) is 2. The molecule has 84 valence electrons. The van der Waals surface area contributed by atoms with Crippen LogP contribution in [-0.2, 0) is 0 Å². The zero-order chi connectivity index (χ0) is 11.4. The first-order valence-electron chi connectivity index (χ1n) is 5.09. The van der Waals surface area contributed by atoms with Crippen LogP contribution in [-0.4, -0.2) is 25.6 Å². The number of hydrogen-bond acceptors (Lipinski definition) is 3. The van der Waals surface area contributed by atoms with Crippen LogP contribution in [0.1, 0.15) is 25.2 Å². The average molecular weight is 219 g/mol. The first-order valence-corrected chi connectivity index (χ1v) is 5.09. The van der Waals surface area contributed by atoms with E-state index in [1.54, 1.807) is 24.8 Å². The van der Waals surface area contributed by atoms with Gasteiger partial charge >= 0.3 is 6.03 Å². The van der Waals surface area contributed by atoms with Gasteiger partial charge < -0.3 is 10.3 Å². The topological polar surface area (TPSA) is 75.6 Å². The van der Waals surface area contributed by atoms with E-state index in [4.69, 9.17) is 0 Å². The maximum absolute atomic E-state index is 11.7. The van der Waals surface area contributed by atoms with E-state index in [9.17, 15) is 4.79 Å². The molecule has 0 aliphatic rings. The predicted molar refractivity (Wildman–Crippen MR) is 57.8 cm³/mol. The average Bonchev–Trinajstić information content (AvgIpc) is 2.96. The van der Waals surface area contributed by atoms with Crippen LogP contribution in [0.3, 0.4) is 0 Å². The standard InChI is InChI=1S/C10H13N5O/c1-2-8(9-12-3-4-13-9)14-10(16)15-6-5-11-7-15/h3-8H,2H2,1H3,(H,12,13)(H,14,16). The van der Waals surface area contributed by atoms with Crippen molar-refractivity contribution >= 4 is 6.03 Å². The summed E-state index contributed by atoms with van der Waals surface area (Å²) in [7, 11) is 0. The Hall–Kier alpha value is -2.11. The van der Waals surface area contributed by atoms with Crippen molar-refractivity contribution in [1.82, 2.24) is 24.8 Å². The number of H-pyrrole nitrogens is 1. The monoisotopic (exact) mass is 219 g/mol. The summed E-state index contributed by atoms with van der Waals surface area (Å²) < 4.78 is 1.39. The molecule has 0 saturated heterocycles. The molecule has 1 atom stereocenters. The number of amides is 1. The fourth-order valence-electron chi connectivity index (χ4n) is 1.43. The van der Waals surface area contributed by atoms with Crippen LogP contribution >= 0.6 is 0 Å². The first kappa shape index (κ1) is 10.4. The zero-order valence-electron chi connectivity index (χ0n) is 8.92. The second-order valence-electron chi connectivity index (χ2n) is 3.35. The molecule has 1 amide bonds. The van der Waals surface area contributed by atoms with Gasteiger partial charge in [0.15, 0.2) is 0 Å². The van der Waals surface area contributed by atoms with Crippen molar-refractivity contribution in [2.45, 2.75) is 19.4 Å². The molecule has 0 bridgehead atoms. The molecule has 0 saturated carbocycles. The van der Waals surface area contributed by atoms with Crippen LogP contribution in [0, 0.1) is 0 Å². The van der Waals surface area contributed by atoms with E-state index >= 15 is 0 Å². The number of carbonyl (C=O) groups is 1. The van der Waals surface area contributed by atoms with Crippen LogP contribution in [0.15, 0.2) is 31.1 Å². The summed E-state index contributed by atoms with van der Waals surface area (Å²) in [6.45, 7) is 1.99. The zero-order valence-corrected chi connectivity index (χ0v) is 8.92. The Morgan fingerprint density at radius 2 is 2.50 bits per heavy atom. The molecule has 0 aliphatic heterocycles. The van der Waals surface area contributed by atoms with Gasteiger partial charge in [-0.15, -0.1) is 0 Å². The summed E-state index contributed by atoms with van der Waals surface area (Å²) in [6, 6.07) is -0.314. The lowest BCUT2D eigenvalue weighted by atomic mass is 10.2. The van der Waals surface area contributed by atoms with E-state index in [2.05, 4.69) is 20.3 Å². The second kappa shape index (κ2) is 4.61. The summed E-state index contributed by atoms with van der Waals surface area (Å²) in [5.74, 6) is 0.760. The van der Waals surface area contributed by atoms with Crippen molar-refractivity contribution in [2.75, 3.05) is 0 Å². The second-order valence-corrected chi connectivity index (χ2v) is 3.35. The molecule has 2 aromatic rings. The Bertz CT molecular complexity index is 434. The van der Waals surface area contributed by atoms with Crippen LogP contribution in [0.4, 0.5) is 4.79 Å². The van der Waals surface area contributed by atoms with Crippen molar-refractivity contribution in [2.24, 2.45) is 0 Å². The van der Waals surface area contributed by atoms with Gasteiger partial charge in [-0.1, -0.05) is 6.92 Å². The van der Waals surface area contributed by atoms with Crippen molar-refractivity contribution in [3.8, 4) is 0 Å². The highest BCUT2D eigenvalue weighted by molar-refractivity contribution is 5.76. The molecule has 2 heterocycles. The molecule has 0 radical (unpaired) electrons. The quantitative estimate of drug-likeness (QED) is 0.817. The molecule has 6 nitrogen and oxygen atoms in total. The van der Waals surface area contributed by atoms with Gasteiger partial charge in [0.2, 0.25) is 0 Å². The van der Waals surface area contributed by atoms with Crippen molar-refractivity contribution in [3.63, 3.8) is 0 Å². The summed E-state index contributed by atoms with van der Waals surface area (Å²) in [4.78, 5) is 22.7. The largest absolute Gasteiger partial charge is 0.347 e. The maximum atomic E-state index is 11.7. The predicted octanol–water partition coefficient (Wildman–Crippen LogP) is 1.32. The third-order valence-corrected chi connectivity index (χ3v) is 2.29. The van der Waals surface area contributed by atoms with E-state index < -0.39 is 0 Å². The Morgan fingerprint density at radius 1 is 1.62 bits per heavy atom. The third-order valence-electron chi connectivity index (χ3n) is 2.29. The summed E-state index contributed by atoms with van der Waals surface area (Å²) in [6.07, 6.45) is 8.80. The summed E-state index contributed by atoms with van der Waals surface area (Å²) in [5.41, 5.74) is 0. The highest BCUT2D eigenvalue weighted by Crippen LogP contribution is 2.11. The molecule has 0 spiro atoms. The molecule has 2 N–H and O–H groups in total. The van der Waals surface area contributed by atoms with Gasteiger partial charge in [-0.3, -0.25) is 4.57 Å². The lowest BCUT2D eigenvalue weighted by Crippen LogP contribution is -2.32. The number of imidazole rings is 2. The smallest absolute Gasteiger partial charge is 0.327 e. The van der Waals surface area contributed by atoms with E-state index in [-0.39, 0.29) is 12.1 Å². The minimum absolute atomic E-state index is 0.107. The van der Waals surface area contributed by atoms with Gasteiger partial charge in [0, 0.05) is 24.8 Å². The molecule has 2 rings (SSSR count). The normalized spacial score (nSPS) is 12.3. The van der Waals surface area contributed by atoms with Crippen LogP contribution in [0.25, 0.3) is 0 Å². The van der Waals surface area contributed by atoms with Gasteiger partial charge in [-0.05, 0) is 6.42 Å². The molecule has 16 heavy (non-hydrogen) atoms. The van der Waals surface area contributed by atoms with Gasteiger partial charge in [0.1, 0.15) is 12.2 Å². The molecule has 0 aliphatic carbocycles. The van der Waals surface area contributed by atoms with E-state index in [0.717, 1.165) is 12.2 Å². The SMILES string of the molecule is CCC(NC(=O)n1ccnc1)c1ncc[nH]1. The Morgan fingerprint density at radius 3 is 3.06 bits per heavy atom. The first-order chi connectivity index (χ1) is 7.81. The van der Waals surface area contributed by atoms with Crippen LogP contribution in [0.2, 0.25) is 0 Å². The Kier molecular flexibility index (Phi) is 3.00. The molecule has 6 heteroatoms. The summed E-state index contributed by atoms with van der Waals surface area (Å²) >= 11 is 0. The molecular weight excluding hydrogens is 206 g/mol. The van der Waals surface area contributed by atoms with E-state index in [1.807, 2.05) is 6.92 Å². The molecule has 0 aromatic carbocycles. The maximum Gasteiger partial charge on any atom is 0.327 e. The van der Waals surface area contributed by atoms with Gasteiger partial charge in [-0.25, -0.2) is 14.8 Å². The number of carbonyl (C=O) groups excluding carboxylic acids is 1. The van der Waals surface area contributed by atoms with Crippen molar-refractivity contribution in [1.29, 1.82) is 0 Å². The van der Waals surface area contributed by atoms with Gasteiger partial charge in [0.25, 0.3) is 0 Å². The lowest BCUT2D eigenvalue weighted by molar-refractivity contribution is 0.237. The Balaban J connectivity index is 2.05.